The molecule has 1 aliphatic heterocycles. The predicted octanol–water partition coefficient (Wildman–Crippen LogP) is 2.25. The zero-order chi connectivity index (χ0) is 20.1. The smallest absolute Gasteiger partial charge is 0.255 e. The molecule has 1 aromatic heterocycles. The standard InChI is InChI=1S/C21H25N3O4/c1-14-5-3-7-18(15(14)2)23-20(26)13-24(12-17-6-4-10-28-17)21(27)16-8-9-19(25)22-11-16/h3,5,7-9,11,17H,4,6,10,12-13H2,1-2H3,(H,22,25)(H,23,26). The van der Waals surface area contributed by atoms with Gasteiger partial charge in [-0.2, -0.15) is 0 Å². The summed E-state index contributed by atoms with van der Waals surface area (Å²) in [5.74, 6) is -0.590. The molecule has 1 unspecified atom stereocenters. The van der Waals surface area contributed by atoms with Gasteiger partial charge in [-0.1, -0.05) is 12.1 Å². The molecule has 2 aromatic rings. The average Bonchev–Trinajstić information content (AvgIpc) is 3.18. The van der Waals surface area contributed by atoms with Gasteiger partial charge in [-0.05, 0) is 49.9 Å². The Morgan fingerprint density at radius 3 is 2.75 bits per heavy atom. The second-order valence-electron chi connectivity index (χ2n) is 7.06. The van der Waals surface area contributed by atoms with Gasteiger partial charge in [-0.15, -0.1) is 0 Å². The lowest BCUT2D eigenvalue weighted by Gasteiger charge is -2.25. The molecule has 2 heterocycles. The molecule has 7 nitrogen and oxygen atoms in total. The van der Waals surface area contributed by atoms with Gasteiger partial charge < -0.3 is 19.9 Å². The maximum absolute atomic E-state index is 12.9. The van der Waals surface area contributed by atoms with Gasteiger partial charge in [0, 0.05) is 31.1 Å². The van der Waals surface area contributed by atoms with Crippen molar-refractivity contribution in [3.8, 4) is 0 Å². The van der Waals surface area contributed by atoms with E-state index >= 15 is 0 Å². The van der Waals surface area contributed by atoms with Gasteiger partial charge in [0.2, 0.25) is 11.5 Å². The number of pyridine rings is 1. The van der Waals surface area contributed by atoms with Gasteiger partial charge in [-0.3, -0.25) is 14.4 Å². The number of anilines is 1. The maximum Gasteiger partial charge on any atom is 0.255 e. The molecule has 2 amide bonds. The number of nitrogens with zero attached hydrogens (tertiary/aromatic N) is 1. The summed E-state index contributed by atoms with van der Waals surface area (Å²) in [5, 5.41) is 2.89. The summed E-state index contributed by atoms with van der Waals surface area (Å²) in [6.07, 6.45) is 3.09. The number of nitrogens with one attached hydrogen (secondary N) is 2. The van der Waals surface area contributed by atoms with Crippen molar-refractivity contribution in [3.05, 3.63) is 63.6 Å². The van der Waals surface area contributed by atoms with Crippen LogP contribution in [0.15, 0.2) is 41.3 Å². The zero-order valence-corrected chi connectivity index (χ0v) is 16.2. The minimum absolute atomic E-state index is 0.0831. The number of aromatic amines is 1. The van der Waals surface area contributed by atoms with Crippen molar-refractivity contribution in [3.63, 3.8) is 0 Å². The van der Waals surface area contributed by atoms with Crippen LogP contribution in [0.1, 0.15) is 34.3 Å². The van der Waals surface area contributed by atoms with Crippen molar-refractivity contribution in [1.82, 2.24) is 9.88 Å². The first-order chi connectivity index (χ1) is 13.4. The minimum Gasteiger partial charge on any atom is -0.376 e. The number of hydrogen-bond acceptors (Lipinski definition) is 4. The molecule has 0 spiro atoms. The first-order valence-electron chi connectivity index (χ1n) is 9.39. The third kappa shape index (κ3) is 4.86. The maximum atomic E-state index is 12.9. The van der Waals surface area contributed by atoms with Crippen molar-refractivity contribution in [2.24, 2.45) is 0 Å². The molecule has 7 heteroatoms. The summed E-state index contributed by atoms with van der Waals surface area (Å²) < 4.78 is 5.64. The second kappa shape index (κ2) is 8.84. The summed E-state index contributed by atoms with van der Waals surface area (Å²) in [6, 6.07) is 8.47. The van der Waals surface area contributed by atoms with E-state index < -0.39 is 0 Å². The molecular formula is C21H25N3O4. The molecule has 0 bridgehead atoms. The number of benzene rings is 1. The Bertz CT molecular complexity index is 896. The van der Waals surface area contributed by atoms with Gasteiger partial charge >= 0.3 is 0 Å². The summed E-state index contributed by atoms with van der Waals surface area (Å²) in [7, 11) is 0. The summed E-state index contributed by atoms with van der Waals surface area (Å²) >= 11 is 0. The van der Waals surface area contributed by atoms with Crippen LogP contribution in [0.2, 0.25) is 0 Å². The fourth-order valence-electron chi connectivity index (χ4n) is 3.23. The minimum atomic E-state index is -0.317. The van der Waals surface area contributed by atoms with Gasteiger partial charge in [0.25, 0.3) is 5.91 Å². The van der Waals surface area contributed by atoms with Crippen LogP contribution in [0.5, 0.6) is 0 Å². The first kappa shape index (κ1) is 19.8. The highest BCUT2D eigenvalue weighted by Gasteiger charge is 2.25. The number of H-pyrrole nitrogens is 1. The molecule has 148 valence electrons. The summed E-state index contributed by atoms with van der Waals surface area (Å²) in [6.45, 7) is 4.83. The average molecular weight is 383 g/mol. The van der Waals surface area contributed by atoms with E-state index in [2.05, 4.69) is 10.3 Å². The van der Waals surface area contributed by atoms with Crippen LogP contribution in [0.3, 0.4) is 0 Å². The van der Waals surface area contributed by atoms with E-state index in [9.17, 15) is 14.4 Å². The summed E-state index contributed by atoms with van der Waals surface area (Å²) in [4.78, 5) is 40.8. The Hall–Kier alpha value is -2.93. The van der Waals surface area contributed by atoms with Crippen LogP contribution in [0, 0.1) is 13.8 Å². The highest BCUT2D eigenvalue weighted by atomic mass is 16.5. The topological polar surface area (TPSA) is 91.5 Å². The van der Waals surface area contributed by atoms with E-state index in [1.165, 1.54) is 23.2 Å². The van der Waals surface area contributed by atoms with E-state index in [0.29, 0.717) is 18.7 Å². The molecule has 0 saturated carbocycles. The lowest BCUT2D eigenvalue weighted by atomic mass is 10.1. The van der Waals surface area contributed by atoms with Crippen molar-refractivity contribution in [2.45, 2.75) is 32.8 Å². The molecule has 28 heavy (non-hydrogen) atoms. The fourth-order valence-corrected chi connectivity index (χ4v) is 3.23. The van der Waals surface area contributed by atoms with Crippen LogP contribution in [-0.2, 0) is 9.53 Å². The third-order valence-corrected chi connectivity index (χ3v) is 4.98. The third-order valence-electron chi connectivity index (χ3n) is 4.98. The Labute approximate surface area is 163 Å². The Morgan fingerprint density at radius 2 is 2.07 bits per heavy atom. The predicted molar refractivity (Wildman–Crippen MR) is 106 cm³/mol. The van der Waals surface area contributed by atoms with Gasteiger partial charge in [-0.25, -0.2) is 0 Å². The largest absolute Gasteiger partial charge is 0.376 e. The summed E-state index contributed by atoms with van der Waals surface area (Å²) in [5.41, 5.74) is 2.86. The van der Waals surface area contributed by atoms with Crippen LogP contribution >= 0.6 is 0 Å². The van der Waals surface area contributed by atoms with Crippen LogP contribution in [-0.4, -0.2) is 47.5 Å². The lowest BCUT2D eigenvalue weighted by molar-refractivity contribution is -0.117. The molecule has 0 aliphatic carbocycles. The molecule has 1 saturated heterocycles. The van der Waals surface area contributed by atoms with Crippen LogP contribution in [0.25, 0.3) is 0 Å². The van der Waals surface area contributed by atoms with Gasteiger partial charge in [0.1, 0.15) is 6.54 Å². The Morgan fingerprint density at radius 1 is 1.25 bits per heavy atom. The Balaban J connectivity index is 1.74. The van der Waals surface area contributed by atoms with Crippen molar-refractivity contribution in [1.29, 1.82) is 0 Å². The molecule has 1 atom stereocenters. The molecule has 3 rings (SSSR count). The highest BCUT2D eigenvalue weighted by Crippen LogP contribution is 2.19. The van der Waals surface area contributed by atoms with E-state index in [4.69, 9.17) is 4.74 Å². The number of hydrogen-bond donors (Lipinski definition) is 2. The molecule has 2 N–H and O–H groups in total. The number of aryl methyl sites for hydroxylation is 1. The fraction of sp³-hybridized carbons (Fsp3) is 0.381. The first-order valence-corrected chi connectivity index (χ1v) is 9.39. The number of carbonyl (C=O) groups excluding carboxylic acids is 2. The van der Waals surface area contributed by atoms with E-state index in [1.54, 1.807) is 0 Å². The molecular weight excluding hydrogens is 358 g/mol. The number of ether oxygens (including phenoxy) is 1. The SMILES string of the molecule is Cc1cccc(NC(=O)CN(CC2CCCO2)C(=O)c2ccc(=O)[nH]c2)c1C. The quantitative estimate of drug-likeness (QED) is 0.800. The van der Waals surface area contributed by atoms with Crippen molar-refractivity contribution < 1.29 is 14.3 Å². The molecule has 1 aliphatic rings. The number of carbonyl (C=O) groups is 2. The normalized spacial score (nSPS) is 16.0. The number of aromatic nitrogens is 1. The molecule has 1 aromatic carbocycles. The number of amides is 2. The second-order valence-corrected chi connectivity index (χ2v) is 7.06. The highest BCUT2D eigenvalue weighted by molar-refractivity contribution is 5.99. The number of rotatable bonds is 6. The lowest BCUT2D eigenvalue weighted by Crippen LogP contribution is -2.42. The Kier molecular flexibility index (Phi) is 6.26. The van der Waals surface area contributed by atoms with Gasteiger partial charge in [0.15, 0.2) is 0 Å². The monoisotopic (exact) mass is 383 g/mol. The van der Waals surface area contributed by atoms with Gasteiger partial charge in [0.05, 0.1) is 11.7 Å². The van der Waals surface area contributed by atoms with Crippen molar-refractivity contribution >= 4 is 17.5 Å². The van der Waals surface area contributed by atoms with E-state index in [1.807, 2.05) is 32.0 Å². The van der Waals surface area contributed by atoms with E-state index in [-0.39, 0.29) is 30.0 Å². The zero-order valence-electron chi connectivity index (χ0n) is 16.2. The van der Waals surface area contributed by atoms with E-state index in [0.717, 1.165) is 29.7 Å². The molecule has 0 radical (unpaired) electrons. The van der Waals surface area contributed by atoms with Crippen LogP contribution in [0.4, 0.5) is 5.69 Å². The molecule has 1 fully saturated rings. The van der Waals surface area contributed by atoms with Crippen molar-refractivity contribution in [2.75, 3.05) is 25.0 Å². The van der Waals surface area contributed by atoms with Crippen LogP contribution < -0.4 is 10.9 Å².